The number of nitrogens with one attached hydrogen (secondary N) is 1. The molecular formula is C19H26N6O4S. The Bertz CT molecular complexity index is 1170. The molecule has 3 aromatic rings. The van der Waals surface area contributed by atoms with Crippen molar-refractivity contribution in [1.29, 1.82) is 0 Å². The summed E-state index contributed by atoms with van der Waals surface area (Å²) in [7, 11) is -3.57. The quantitative estimate of drug-likeness (QED) is 0.611. The van der Waals surface area contributed by atoms with Crippen LogP contribution in [0.1, 0.15) is 37.9 Å². The minimum absolute atomic E-state index is 0.0876. The predicted molar refractivity (Wildman–Crippen MR) is 110 cm³/mol. The van der Waals surface area contributed by atoms with Gasteiger partial charge in [-0.1, -0.05) is 13.3 Å². The van der Waals surface area contributed by atoms with Gasteiger partial charge in [0.1, 0.15) is 5.82 Å². The van der Waals surface area contributed by atoms with E-state index in [0.29, 0.717) is 44.8 Å². The van der Waals surface area contributed by atoms with Gasteiger partial charge in [-0.25, -0.2) is 13.4 Å². The number of hydrogen-bond donors (Lipinski definition) is 2. The van der Waals surface area contributed by atoms with Crippen molar-refractivity contribution in [3.05, 3.63) is 24.3 Å². The smallest absolute Gasteiger partial charge is 0.217 e. The lowest BCUT2D eigenvalue weighted by Crippen LogP contribution is -2.47. The number of H-pyrrole nitrogens is 1. The molecule has 2 N–H and O–H groups in total. The summed E-state index contributed by atoms with van der Waals surface area (Å²) < 4.78 is 34.6. The van der Waals surface area contributed by atoms with Crippen LogP contribution in [0, 0.1) is 5.92 Å². The molecule has 3 atom stereocenters. The summed E-state index contributed by atoms with van der Waals surface area (Å²) in [5.41, 5.74) is 0.959. The van der Waals surface area contributed by atoms with E-state index in [-0.39, 0.29) is 17.6 Å². The second kappa shape index (κ2) is 7.26. The van der Waals surface area contributed by atoms with Crippen LogP contribution in [-0.4, -0.2) is 80.1 Å². The van der Waals surface area contributed by atoms with Crippen molar-refractivity contribution in [2.45, 2.75) is 37.7 Å². The van der Waals surface area contributed by atoms with Crippen LogP contribution in [0.15, 0.2) is 18.5 Å². The monoisotopic (exact) mass is 434 g/mol. The van der Waals surface area contributed by atoms with Gasteiger partial charge in [0.25, 0.3) is 0 Å². The minimum Gasteiger partial charge on any atom is -0.389 e. The first-order valence-electron chi connectivity index (χ1n) is 10.4. The molecule has 0 radical (unpaired) electrons. The second-order valence-corrected chi connectivity index (χ2v) is 10.4. The molecule has 10 nitrogen and oxygen atoms in total. The Morgan fingerprint density at radius 2 is 2.10 bits per heavy atom. The Morgan fingerprint density at radius 1 is 1.30 bits per heavy atom. The maximum atomic E-state index is 13.0. The van der Waals surface area contributed by atoms with E-state index < -0.39 is 15.6 Å². The Balaban J connectivity index is 1.47. The van der Waals surface area contributed by atoms with E-state index in [9.17, 15) is 13.5 Å². The van der Waals surface area contributed by atoms with Crippen molar-refractivity contribution in [2.24, 2.45) is 5.92 Å². The Hall–Kier alpha value is -2.08. The standard InChI is InChI=1S/C19H26N6O4S/c1-2-13-9-19(26,12-30(27,28)24-5-7-29-8-6-24)10-14(13)18-23-22-16-11-21-17-15(25(16)18)3-4-20-17/h3-4,11,13-14,20,26H,2,5-10,12H2,1H3. The number of ether oxygens (including phenoxy) is 1. The number of sulfonamides is 1. The number of morpholine rings is 1. The van der Waals surface area contributed by atoms with Gasteiger partial charge in [-0.3, -0.25) is 4.40 Å². The van der Waals surface area contributed by atoms with Gasteiger partial charge >= 0.3 is 0 Å². The van der Waals surface area contributed by atoms with Crippen LogP contribution in [0.2, 0.25) is 0 Å². The topological polar surface area (TPSA) is 126 Å². The number of rotatable bonds is 5. The lowest BCUT2D eigenvalue weighted by atomic mass is 9.93. The first-order chi connectivity index (χ1) is 14.4. The zero-order valence-electron chi connectivity index (χ0n) is 16.9. The average Bonchev–Trinajstić information content (AvgIpc) is 3.43. The molecule has 2 aliphatic rings. The van der Waals surface area contributed by atoms with Crippen molar-refractivity contribution < 1.29 is 18.3 Å². The minimum atomic E-state index is -3.57. The zero-order valence-corrected chi connectivity index (χ0v) is 17.7. The van der Waals surface area contributed by atoms with Gasteiger partial charge in [-0.2, -0.15) is 4.31 Å². The van der Waals surface area contributed by atoms with Crippen LogP contribution < -0.4 is 0 Å². The Morgan fingerprint density at radius 3 is 2.87 bits per heavy atom. The number of aromatic amines is 1. The Kier molecular flexibility index (Phi) is 4.80. The van der Waals surface area contributed by atoms with Crippen LogP contribution in [0.4, 0.5) is 0 Å². The van der Waals surface area contributed by atoms with E-state index in [0.717, 1.165) is 23.4 Å². The van der Waals surface area contributed by atoms with Gasteiger partial charge < -0.3 is 14.8 Å². The fourth-order valence-corrected chi connectivity index (χ4v) is 6.83. The number of hydrogen-bond acceptors (Lipinski definition) is 7. The predicted octanol–water partition coefficient (Wildman–Crippen LogP) is 0.902. The van der Waals surface area contributed by atoms with Gasteiger partial charge in [-0.15, -0.1) is 10.2 Å². The van der Waals surface area contributed by atoms with Crippen LogP contribution >= 0.6 is 0 Å². The highest BCUT2D eigenvalue weighted by atomic mass is 32.2. The van der Waals surface area contributed by atoms with E-state index in [2.05, 4.69) is 27.1 Å². The molecule has 4 heterocycles. The molecule has 3 unspecified atom stereocenters. The van der Waals surface area contributed by atoms with Crippen molar-refractivity contribution in [1.82, 2.24) is 28.9 Å². The summed E-state index contributed by atoms with van der Waals surface area (Å²) in [6, 6.07) is 1.92. The molecule has 1 aliphatic heterocycles. The van der Waals surface area contributed by atoms with E-state index >= 15 is 0 Å². The van der Waals surface area contributed by atoms with E-state index in [1.54, 1.807) is 6.20 Å². The van der Waals surface area contributed by atoms with E-state index in [4.69, 9.17) is 4.74 Å². The fraction of sp³-hybridized carbons (Fsp3) is 0.632. The first kappa shape index (κ1) is 19.9. The lowest BCUT2D eigenvalue weighted by molar-refractivity contribution is 0.0570. The molecule has 0 bridgehead atoms. The highest BCUT2D eigenvalue weighted by Gasteiger charge is 2.48. The maximum Gasteiger partial charge on any atom is 0.217 e. The molecule has 11 heteroatoms. The van der Waals surface area contributed by atoms with Crippen LogP contribution in [0.25, 0.3) is 16.8 Å². The van der Waals surface area contributed by atoms with Gasteiger partial charge in [0.15, 0.2) is 11.3 Å². The summed E-state index contributed by atoms with van der Waals surface area (Å²) >= 11 is 0. The van der Waals surface area contributed by atoms with Crippen LogP contribution in [-0.2, 0) is 14.8 Å². The van der Waals surface area contributed by atoms with E-state index in [1.807, 2.05) is 16.7 Å². The summed E-state index contributed by atoms with van der Waals surface area (Å²) in [6.07, 6.45) is 5.07. The molecule has 5 rings (SSSR count). The number of aliphatic hydroxyl groups is 1. The van der Waals surface area contributed by atoms with Crippen molar-refractivity contribution >= 4 is 26.8 Å². The maximum absolute atomic E-state index is 13.0. The summed E-state index contributed by atoms with van der Waals surface area (Å²) in [6.45, 7) is 3.53. The average molecular weight is 435 g/mol. The zero-order chi connectivity index (χ0) is 20.9. The Labute approximate surface area is 174 Å². The lowest BCUT2D eigenvalue weighted by Gasteiger charge is -2.30. The van der Waals surface area contributed by atoms with Crippen molar-refractivity contribution in [2.75, 3.05) is 32.1 Å². The molecule has 0 aromatic carbocycles. The largest absolute Gasteiger partial charge is 0.389 e. The van der Waals surface area contributed by atoms with Gasteiger partial charge in [-0.05, 0) is 24.8 Å². The number of aromatic nitrogens is 5. The van der Waals surface area contributed by atoms with E-state index in [1.165, 1.54) is 4.31 Å². The molecule has 0 spiro atoms. The highest BCUT2D eigenvalue weighted by Crippen LogP contribution is 2.47. The van der Waals surface area contributed by atoms with Crippen LogP contribution in [0.3, 0.4) is 0 Å². The molecule has 0 amide bonds. The summed E-state index contributed by atoms with van der Waals surface area (Å²) in [4.78, 5) is 7.45. The SMILES string of the molecule is CCC1CC(O)(CS(=O)(=O)N2CCOCC2)CC1c1nnc2cnc3[nH]ccc3n12. The third kappa shape index (κ3) is 3.29. The van der Waals surface area contributed by atoms with Gasteiger partial charge in [0.2, 0.25) is 10.0 Å². The second-order valence-electron chi connectivity index (χ2n) is 8.40. The third-order valence-electron chi connectivity index (χ3n) is 6.45. The number of nitrogens with zero attached hydrogens (tertiary/aromatic N) is 5. The first-order valence-corrected chi connectivity index (χ1v) is 12.0. The normalized spacial score (nSPS) is 28.6. The molecule has 1 saturated heterocycles. The molecule has 3 aromatic heterocycles. The molecule has 1 aliphatic carbocycles. The highest BCUT2D eigenvalue weighted by molar-refractivity contribution is 7.89. The molecule has 162 valence electrons. The fourth-order valence-electron chi connectivity index (χ4n) is 5.03. The van der Waals surface area contributed by atoms with Crippen LogP contribution in [0.5, 0.6) is 0 Å². The molecular weight excluding hydrogens is 408 g/mol. The molecule has 1 saturated carbocycles. The number of fused-ring (bicyclic) bond motifs is 3. The summed E-state index contributed by atoms with van der Waals surface area (Å²) in [5, 5.41) is 20.1. The van der Waals surface area contributed by atoms with Gasteiger partial charge in [0.05, 0.1) is 36.3 Å². The summed E-state index contributed by atoms with van der Waals surface area (Å²) in [5.74, 6) is 0.508. The molecule has 30 heavy (non-hydrogen) atoms. The molecule has 2 fully saturated rings. The van der Waals surface area contributed by atoms with Crippen molar-refractivity contribution in [3.8, 4) is 0 Å². The van der Waals surface area contributed by atoms with Gasteiger partial charge in [0, 0.05) is 25.2 Å². The third-order valence-corrected chi connectivity index (χ3v) is 8.50. The van der Waals surface area contributed by atoms with Crippen molar-refractivity contribution in [3.63, 3.8) is 0 Å².